The van der Waals surface area contributed by atoms with Gasteiger partial charge in [0.05, 0.1) is 11.4 Å². The van der Waals surface area contributed by atoms with Crippen LogP contribution in [0.4, 0.5) is 11.4 Å². The van der Waals surface area contributed by atoms with Crippen LogP contribution in [0.3, 0.4) is 0 Å². The summed E-state index contributed by atoms with van der Waals surface area (Å²) in [5.74, 6) is 0. The minimum atomic E-state index is 0.574. The summed E-state index contributed by atoms with van der Waals surface area (Å²) in [6.07, 6.45) is 4.58. The second-order valence-electron chi connectivity index (χ2n) is 6.43. The van der Waals surface area contributed by atoms with Gasteiger partial charge in [0.25, 0.3) is 0 Å². The fourth-order valence-corrected chi connectivity index (χ4v) is 3.15. The zero-order valence-electron chi connectivity index (χ0n) is 15.0. The molecule has 3 aromatic rings. The molecule has 0 atom stereocenters. The molecule has 4 nitrogen and oxygen atoms in total. The Bertz CT molecular complexity index is 1060. The van der Waals surface area contributed by atoms with Gasteiger partial charge in [0.15, 0.2) is 0 Å². The molecule has 0 saturated heterocycles. The highest BCUT2D eigenvalue weighted by Gasteiger charge is 2.05. The van der Waals surface area contributed by atoms with Crippen molar-refractivity contribution in [1.82, 2.24) is 0 Å². The third kappa shape index (κ3) is 5.20. The Kier molecular flexibility index (Phi) is 5.86. The second kappa shape index (κ2) is 8.68. The van der Waals surface area contributed by atoms with Crippen LogP contribution >= 0.6 is 0 Å². The molecule has 0 N–H and O–H groups in total. The van der Waals surface area contributed by atoms with Crippen LogP contribution in [-0.2, 0) is 22.4 Å². The summed E-state index contributed by atoms with van der Waals surface area (Å²) in [5, 5.41) is 0. The fourth-order valence-electron chi connectivity index (χ4n) is 3.15. The van der Waals surface area contributed by atoms with E-state index in [9.17, 15) is 9.59 Å². The number of benzene rings is 3. The number of aryl methyl sites for hydroxylation is 1. The maximum atomic E-state index is 10.7. The first-order chi connectivity index (χ1) is 13.2. The highest BCUT2D eigenvalue weighted by Crippen LogP contribution is 2.23. The lowest BCUT2D eigenvalue weighted by atomic mass is 9.97. The van der Waals surface area contributed by atoms with Crippen LogP contribution in [0.15, 0.2) is 76.7 Å². The summed E-state index contributed by atoms with van der Waals surface area (Å²) >= 11 is 0. The maximum absolute atomic E-state index is 10.7. The predicted molar refractivity (Wildman–Crippen MR) is 105 cm³/mol. The van der Waals surface area contributed by atoms with Crippen molar-refractivity contribution < 1.29 is 9.59 Å². The van der Waals surface area contributed by atoms with Crippen molar-refractivity contribution in [2.24, 2.45) is 9.98 Å². The van der Waals surface area contributed by atoms with E-state index in [0.29, 0.717) is 17.8 Å². The average molecular weight is 354 g/mol. The molecule has 3 rings (SSSR count). The van der Waals surface area contributed by atoms with Gasteiger partial charge in [-0.25, -0.2) is 9.59 Å². The largest absolute Gasteiger partial charge is 0.240 e. The third-order valence-corrected chi connectivity index (χ3v) is 4.20. The van der Waals surface area contributed by atoms with Gasteiger partial charge in [0, 0.05) is 0 Å². The van der Waals surface area contributed by atoms with Crippen LogP contribution in [0.1, 0.15) is 27.8 Å². The van der Waals surface area contributed by atoms with Crippen molar-refractivity contribution in [2.45, 2.75) is 19.8 Å². The molecule has 0 amide bonds. The molecule has 4 heteroatoms. The minimum Gasteiger partial charge on any atom is -0.211 e. The monoisotopic (exact) mass is 354 g/mol. The molecule has 3 aromatic carbocycles. The number of isocyanates is 2. The first-order valence-electron chi connectivity index (χ1n) is 8.59. The highest BCUT2D eigenvalue weighted by atomic mass is 16.1. The maximum Gasteiger partial charge on any atom is 0.240 e. The van der Waals surface area contributed by atoms with Crippen molar-refractivity contribution in [3.63, 3.8) is 0 Å². The summed E-state index contributed by atoms with van der Waals surface area (Å²) in [5.41, 5.74) is 6.70. The van der Waals surface area contributed by atoms with E-state index in [2.05, 4.69) is 41.2 Å². The highest BCUT2D eigenvalue weighted by molar-refractivity contribution is 5.54. The van der Waals surface area contributed by atoms with Gasteiger partial charge < -0.3 is 0 Å². The lowest BCUT2D eigenvalue weighted by Gasteiger charge is -2.09. The summed E-state index contributed by atoms with van der Waals surface area (Å²) in [6.45, 7) is 2.07. The van der Waals surface area contributed by atoms with Gasteiger partial charge in [-0.3, -0.25) is 0 Å². The molecule has 0 aliphatic carbocycles. The normalized spacial score (nSPS) is 9.96. The molecule has 0 saturated carbocycles. The zero-order valence-corrected chi connectivity index (χ0v) is 15.0. The van der Waals surface area contributed by atoms with Crippen LogP contribution in [0.2, 0.25) is 0 Å². The van der Waals surface area contributed by atoms with E-state index in [1.807, 2.05) is 36.4 Å². The Hall–Kier alpha value is -3.58. The molecule has 0 spiro atoms. The van der Waals surface area contributed by atoms with Gasteiger partial charge >= 0.3 is 0 Å². The number of hydrogen-bond acceptors (Lipinski definition) is 4. The van der Waals surface area contributed by atoms with Gasteiger partial charge in [0.1, 0.15) is 0 Å². The van der Waals surface area contributed by atoms with Crippen LogP contribution in [0.5, 0.6) is 0 Å². The molecule has 0 aliphatic heterocycles. The topological polar surface area (TPSA) is 58.9 Å². The van der Waals surface area contributed by atoms with Crippen molar-refractivity contribution in [3.8, 4) is 0 Å². The number of hydrogen-bond donors (Lipinski definition) is 0. The van der Waals surface area contributed by atoms with Gasteiger partial charge in [-0.1, -0.05) is 48.0 Å². The number of carbonyl (C=O) groups excluding carboxylic acids is 2. The van der Waals surface area contributed by atoms with Crippen molar-refractivity contribution in [2.75, 3.05) is 0 Å². The Balaban J connectivity index is 1.92. The van der Waals surface area contributed by atoms with E-state index in [1.54, 1.807) is 18.2 Å². The first kappa shape index (κ1) is 18.2. The van der Waals surface area contributed by atoms with Gasteiger partial charge in [-0.05, 0) is 66.3 Å². The molecule has 0 bridgehead atoms. The summed E-state index contributed by atoms with van der Waals surface area (Å²) in [6, 6.07) is 21.7. The lowest BCUT2D eigenvalue weighted by molar-refractivity contribution is 0.564. The molecule has 0 aliphatic rings. The second-order valence-corrected chi connectivity index (χ2v) is 6.43. The van der Waals surface area contributed by atoms with Crippen LogP contribution in [0.25, 0.3) is 0 Å². The molecule has 0 radical (unpaired) electrons. The third-order valence-electron chi connectivity index (χ3n) is 4.20. The van der Waals surface area contributed by atoms with E-state index in [1.165, 1.54) is 11.1 Å². The van der Waals surface area contributed by atoms with Crippen molar-refractivity contribution >= 4 is 23.5 Å². The average Bonchev–Trinajstić information content (AvgIpc) is 2.62. The minimum absolute atomic E-state index is 0.574. The smallest absolute Gasteiger partial charge is 0.211 e. The van der Waals surface area contributed by atoms with Crippen LogP contribution in [0, 0.1) is 6.92 Å². The number of rotatable bonds is 6. The Morgan fingerprint density at radius 2 is 1.22 bits per heavy atom. The molecule has 27 heavy (non-hydrogen) atoms. The molecule has 0 fully saturated rings. The fraction of sp³-hybridized carbons (Fsp3) is 0.130. The van der Waals surface area contributed by atoms with Gasteiger partial charge in [-0.15, -0.1) is 0 Å². The zero-order chi connectivity index (χ0) is 19.1. The Labute approximate surface area is 157 Å². The summed E-state index contributed by atoms with van der Waals surface area (Å²) in [4.78, 5) is 28.7. The number of aliphatic imine (C=N–C) groups is 2. The molecule has 132 valence electrons. The quantitative estimate of drug-likeness (QED) is 0.456. The number of nitrogens with zero attached hydrogens (tertiary/aromatic N) is 2. The van der Waals surface area contributed by atoms with Crippen molar-refractivity contribution in [1.29, 1.82) is 0 Å². The SMILES string of the molecule is Cc1cccc(Cc2cc(Cc3cccc(N=C=O)c3)cc(N=C=O)c2)c1. The molecule has 0 heterocycles. The van der Waals surface area contributed by atoms with Crippen molar-refractivity contribution in [3.05, 3.63) is 94.5 Å². The Morgan fingerprint density at radius 1 is 0.667 bits per heavy atom. The summed E-state index contributed by atoms with van der Waals surface area (Å²) < 4.78 is 0. The molecular formula is C23H18N2O2. The van der Waals surface area contributed by atoms with Gasteiger partial charge in [0.2, 0.25) is 12.2 Å². The Morgan fingerprint density at radius 3 is 1.85 bits per heavy atom. The van der Waals surface area contributed by atoms with E-state index < -0.39 is 0 Å². The lowest BCUT2D eigenvalue weighted by Crippen LogP contribution is -1.93. The van der Waals surface area contributed by atoms with Gasteiger partial charge in [-0.2, -0.15) is 9.98 Å². The molecule has 0 aromatic heterocycles. The van der Waals surface area contributed by atoms with E-state index in [4.69, 9.17) is 0 Å². The van der Waals surface area contributed by atoms with E-state index in [0.717, 1.165) is 23.1 Å². The predicted octanol–water partition coefficient (Wildman–Crippen LogP) is 5.11. The molecule has 0 unspecified atom stereocenters. The molecular weight excluding hydrogens is 336 g/mol. The van der Waals surface area contributed by atoms with E-state index in [-0.39, 0.29) is 0 Å². The van der Waals surface area contributed by atoms with Crippen LogP contribution in [-0.4, -0.2) is 12.2 Å². The first-order valence-corrected chi connectivity index (χ1v) is 8.59. The van der Waals surface area contributed by atoms with Crippen LogP contribution < -0.4 is 0 Å². The standard InChI is InChI=1S/C23H18N2O2/c1-17-4-2-5-18(8-17)9-20-11-21(14-23(13-20)25-16-27)10-19-6-3-7-22(12-19)24-15-26/h2-8,11-14H,9-10H2,1H3. The van der Waals surface area contributed by atoms with E-state index >= 15 is 0 Å². The summed E-state index contributed by atoms with van der Waals surface area (Å²) in [7, 11) is 0.